The maximum Gasteiger partial charge on any atom is 0.0623 e. The van der Waals surface area contributed by atoms with Crippen LogP contribution in [0.4, 0.5) is 34.1 Å². The largest absolute Gasteiger partial charge is 0.310 e. The van der Waals surface area contributed by atoms with E-state index in [1.807, 2.05) is 48.5 Å². The van der Waals surface area contributed by atoms with Crippen LogP contribution >= 0.6 is 0 Å². The Morgan fingerprint density at radius 2 is 0.789 bits per heavy atom. The van der Waals surface area contributed by atoms with Gasteiger partial charge in [-0.05, 0) is 163 Å². The fourth-order valence-corrected chi connectivity index (χ4v) is 12.5. The summed E-state index contributed by atoms with van der Waals surface area (Å²) in [5.74, 6) is 0. The van der Waals surface area contributed by atoms with Crippen LogP contribution in [0.25, 0.3) is 93.4 Å². The van der Waals surface area contributed by atoms with Gasteiger partial charge in [0.15, 0.2) is 0 Å². The van der Waals surface area contributed by atoms with Crippen LogP contribution in [-0.2, 0) is 5.41 Å². The van der Waals surface area contributed by atoms with E-state index >= 15 is 0 Å². The fraction of sp³-hybridized carbons (Fsp3) is 0.0411. The van der Waals surface area contributed by atoms with Crippen molar-refractivity contribution in [3.63, 3.8) is 0 Å². The molecule has 1 aliphatic carbocycles. The van der Waals surface area contributed by atoms with Crippen molar-refractivity contribution in [2.75, 3.05) is 9.80 Å². The van der Waals surface area contributed by atoms with Gasteiger partial charge in [-0.3, -0.25) is 0 Å². The van der Waals surface area contributed by atoms with Gasteiger partial charge in [-0.2, -0.15) is 0 Å². The molecule has 0 saturated carbocycles. The van der Waals surface area contributed by atoms with Crippen molar-refractivity contribution >= 4 is 83.0 Å². The highest BCUT2D eigenvalue weighted by Gasteiger charge is 2.37. The molecular weight excluding hydrogens is 919 g/mol. The Morgan fingerprint density at radius 3 is 1.38 bits per heavy atom. The van der Waals surface area contributed by atoms with Crippen LogP contribution < -0.4 is 9.80 Å². The van der Waals surface area contributed by atoms with E-state index in [4.69, 9.17) is 2.74 Å². The summed E-state index contributed by atoms with van der Waals surface area (Å²) in [6.07, 6.45) is 0. The van der Waals surface area contributed by atoms with Gasteiger partial charge < -0.3 is 14.2 Å². The van der Waals surface area contributed by atoms with Crippen molar-refractivity contribution in [1.29, 1.82) is 0 Å². The second kappa shape index (κ2) is 17.2. The molecule has 0 bridgehead atoms. The van der Waals surface area contributed by atoms with E-state index < -0.39 is 0 Å². The molecule has 0 unspecified atom stereocenters. The number of aromatic nitrogens is 1. The van der Waals surface area contributed by atoms with Crippen LogP contribution in [-0.4, -0.2) is 4.40 Å². The number of nitrogens with zero attached hydrogens (tertiary/aromatic N) is 3. The average Bonchev–Trinajstić information content (AvgIpc) is 4.11. The summed E-state index contributed by atoms with van der Waals surface area (Å²) < 4.78 is 18.5. The highest BCUT2D eigenvalue weighted by molar-refractivity contribution is 6.27. The zero-order chi connectivity index (χ0) is 52.2. The smallest absolute Gasteiger partial charge is 0.0623 e. The highest BCUT2D eigenvalue weighted by atomic mass is 15.1. The Labute approximate surface area is 445 Å². The number of rotatable bonds is 9. The van der Waals surface area contributed by atoms with Crippen molar-refractivity contribution in [3.05, 3.63) is 284 Å². The van der Waals surface area contributed by atoms with Gasteiger partial charge in [0.25, 0.3) is 0 Å². The Hall–Kier alpha value is -9.70. The molecule has 0 saturated heterocycles. The van der Waals surface area contributed by atoms with Gasteiger partial charge in [-0.25, -0.2) is 0 Å². The number of anilines is 6. The minimum atomic E-state index is -0.263. The molecule has 14 aromatic rings. The number of benzene rings is 12. The molecular formula is C73H51N3. The van der Waals surface area contributed by atoms with Crippen LogP contribution in [0.5, 0.6) is 0 Å². The zero-order valence-electron chi connectivity index (χ0n) is 44.2. The standard InChI is InChI=1S/C73H51N3/c1-73(2)67-41-32-53-44-69-64(47-63(53)71(67)62-40-38-59(45-68(62)73)74(55-24-14-6-15-25-55)57-33-28-51(29-34-57)48-18-8-3-9-19-48)66-43-54(50-22-12-5-13-23-50)42-65-61-39-37-60(46-70(61)76(69)72(65)66)75(56-26-16-7-17-27-56)58-35-30-52(31-36-58)49-20-10-4-11-21-49/h3-47H,1-2H3/i3D,4D. The molecule has 1 aliphatic rings. The summed E-state index contributed by atoms with van der Waals surface area (Å²) in [6, 6.07) is 94.8. The van der Waals surface area contributed by atoms with Gasteiger partial charge in [0, 0.05) is 61.1 Å². The lowest BCUT2D eigenvalue weighted by molar-refractivity contribution is 0.661. The molecule has 0 atom stereocenters. The van der Waals surface area contributed by atoms with Gasteiger partial charge in [0.1, 0.15) is 0 Å². The second-order valence-electron chi connectivity index (χ2n) is 20.8. The molecule has 2 heterocycles. The van der Waals surface area contributed by atoms with E-state index in [1.165, 1.54) is 82.2 Å². The molecule has 12 aromatic carbocycles. The summed E-state index contributed by atoms with van der Waals surface area (Å²) in [7, 11) is 0. The molecule has 0 fully saturated rings. The predicted octanol–water partition coefficient (Wildman–Crippen LogP) is 20.2. The van der Waals surface area contributed by atoms with Crippen molar-refractivity contribution in [2.45, 2.75) is 19.3 Å². The monoisotopic (exact) mass is 971 g/mol. The lowest BCUT2D eigenvalue weighted by Crippen LogP contribution is -2.16. The molecule has 15 rings (SSSR count). The quantitative estimate of drug-likeness (QED) is 0.143. The lowest BCUT2D eigenvalue weighted by Gasteiger charge is -2.28. The van der Waals surface area contributed by atoms with Crippen LogP contribution in [0.1, 0.15) is 27.7 Å². The number of hydrogen-bond donors (Lipinski definition) is 0. The first-order chi connectivity index (χ1) is 38.2. The lowest BCUT2D eigenvalue weighted by atomic mass is 9.82. The zero-order valence-corrected chi connectivity index (χ0v) is 42.2. The van der Waals surface area contributed by atoms with E-state index in [-0.39, 0.29) is 5.41 Å². The molecule has 3 nitrogen and oxygen atoms in total. The molecule has 358 valence electrons. The fourth-order valence-electron chi connectivity index (χ4n) is 12.5. The van der Waals surface area contributed by atoms with E-state index in [2.05, 4.69) is 240 Å². The summed E-state index contributed by atoms with van der Waals surface area (Å²) in [5.41, 5.74) is 21.9. The first-order valence-electron chi connectivity index (χ1n) is 27.2. The number of para-hydroxylation sites is 2. The Kier molecular flexibility index (Phi) is 9.44. The minimum absolute atomic E-state index is 0.263. The summed E-state index contributed by atoms with van der Waals surface area (Å²) in [5, 5.41) is 7.44. The summed E-state index contributed by atoms with van der Waals surface area (Å²) in [6.45, 7) is 4.77. The van der Waals surface area contributed by atoms with Crippen molar-refractivity contribution in [2.24, 2.45) is 0 Å². The highest BCUT2D eigenvalue weighted by Crippen LogP contribution is 2.54. The van der Waals surface area contributed by atoms with Crippen LogP contribution in [0.2, 0.25) is 0 Å². The Morgan fingerprint density at radius 1 is 0.329 bits per heavy atom. The minimum Gasteiger partial charge on any atom is -0.310 e. The summed E-state index contributed by atoms with van der Waals surface area (Å²) in [4.78, 5) is 4.73. The Bertz CT molecular complexity index is 4610. The van der Waals surface area contributed by atoms with Gasteiger partial charge in [-0.15, -0.1) is 0 Å². The third-order valence-electron chi connectivity index (χ3n) is 16.1. The number of fused-ring (bicyclic) bond motifs is 11. The Balaban J connectivity index is 0.902. The molecule has 2 aromatic heterocycles. The average molecular weight is 972 g/mol. The topological polar surface area (TPSA) is 10.9 Å². The molecule has 0 amide bonds. The molecule has 0 aliphatic heterocycles. The van der Waals surface area contributed by atoms with Gasteiger partial charge in [0.05, 0.1) is 19.3 Å². The van der Waals surface area contributed by atoms with Crippen molar-refractivity contribution < 1.29 is 2.74 Å². The van der Waals surface area contributed by atoms with E-state index in [0.717, 1.165) is 56.4 Å². The third kappa shape index (κ3) is 6.90. The normalized spacial score (nSPS) is 13.1. The summed E-state index contributed by atoms with van der Waals surface area (Å²) >= 11 is 0. The van der Waals surface area contributed by atoms with Crippen LogP contribution in [0.3, 0.4) is 0 Å². The number of hydrogen-bond acceptors (Lipinski definition) is 2. The van der Waals surface area contributed by atoms with E-state index in [1.54, 1.807) is 0 Å². The molecule has 3 heteroatoms. The first-order valence-corrected chi connectivity index (χ1v) is 26.2. The maximum atomic E-state index is 8.02. The predicted molar refractivity (Wildman–Crippen MR) is 322 cm³/mol. The third-order valence-corrected chi connectivity index (χ3v) is 16.1. The maximum absolute atomic E-state index is 8.02. The molecule has 0 radical (unpaired) electrons. The van der Waals surface area contributed by atoms with Gasteiger partial charge in [0.2, 0.25) is 0 Å². The molecule has 0 spiro atoms. The van der Waals surface area contributed by atoms with E-state index in [0.29, 0.717) is 12.1 Å². The first kappa shape index (κ1) is 41.7. The molecule has 76 heavy (non-hydrogen) atoms. The van der Waals surface area contributed by atoms with E-state index in [9.17, 15) is 0 Å². The van der Waals surface area contributed by atoms with Crippen molar-refractivity contribution in [1.82, 2.24) is 4.40 Å². The van der Waals surface area contributed by atoms with Crippen LogP contribution in [0, 0.1) is 0 Å². The van der Waals surface area contributed by atoms with Crippen LogP contribution in [0.15, 0.2) is 273 Å². The second-order valence-corrected chi connectivity index (χ2v) is 20.8. The van der Waals surface area contributed by atoms with Gasteiger partial charge in [-0.1, -0.05) is 190 Å². The molecule has 0 N–H and O–H groups in total. The van der Waals surface area contributed by atoms with Crippen molar-refractivity contribution in [3.8, 4) is 44.5 Å². The SMILES string of the molecule is [2H]c1ccc(-c2ccc(N(c3ccccc3)c3ccc4c(c3)C(C)(C)c3ccc5cc6c(cc5c3-4)c3cc(-c4ccccc4)cc4c5ccc(N(c7ccccc7)c7ccc(-c8ccc([2H])cc8)cc7)cc5n6c43)cc2)cc1. The van der Waals surface area contributed by atoms with Gasteiger partial charge >= 0.3 is 0 Å².